The number of carbonyl (C=O) groups excluding carboxylic acids is 1. The highest BCUT2D eigenvalue weighted by molar-refractivity contribution is 5.92. The SMILES string of the molecule is Cc1ncoc1C(=O)N1CCCC(c2nc3ccc(-c4cccc(F)c4)cn3n2)C1. The van der Waals surface area contributed by atoms with Gasteiger partial charge in [-0.05, 0) is 49.6 Å². The summed E-state index contributed by atoms with van der Waals surface area (Å²) in [5.41, 5.74) is 2.96. The second-order valence-corrected chi connectivity index (χ2v) is 7.56. The number of aryl methyl sites for hydroxylation is 1. The standard InChI is InChI=1S/C22H20FN5O2/c1-14-20(30-13-24-14)22(29)27-9-3-5-17(11-27)21-25-19-8-7-16(12-28(19)26-21)15-4-2-6-18(23)10-15/h2,4,6-8,10,12-13,17H,3,5,9,11H2,1H3. The molecule has 5 rings (SSSR count). The number of rotatable bonds is 3. The largest absolute Gasteiger partial charge is 0.438 e. The van der Waals surface area contributed by atoms with Gasteiger partial charge in [-0.25, -0.2) is 18.9 Å². The molecule has 0 radical (unpaired) electrons. The molecule has 7 nitrogen and oxygen atoms in total. The first-order chi connectivity index (χ1) is 14.6. The highest BCUT2D eigenvalue weighted by Crippen LogP contribution is 2.27. The maximum absolute atomic E-state index is 13.6. The van der Waals surface area contributed by atoms with Crippen LogP contribution in [0.4, 0.5) is 4.39 Å². The number of carbonyl (C=O) groups is 1. The first kappa shape index (κ1) is 18.5. The zero-order valence-corrected chi connectivity index (χ0v) is 16.5. The van der Waals surface area contributed by atoms with E-state index >= 15 is 0 Å². The maximum atomic E-state index is 13.6. The van der Waals surface area contributed by atoms with Gasteiger partial charge in [-0.2, -0.15) is 5.10 Å². The molecule has 0 saturated carbocycles. The molecule has 4 heterocycles. The van der Waals surface area contributed by atoms with Crippen LogP contribution in [-0.2, 0) is 0 Å². The van der Waals surface area contributed by atoms with Crippen LogP contribution in [0, 0.1) is 12.7 Å². The van der Waals surface area contributed by atoms with Crippen molar-refractivity contribution in [1.29, 1.82) is 0 Å². The topological polar surface area (TPSA) is 76.5 Å². The smallest absolute Gasteiger partial charge is 0.291 e. The van der Waals surface area contributed by atoms with Gasteiger partial charge >= 0.3 is 0 Å². The van der Waals surface area contributed by atoms with Gasteiger partial charge in [-0.1, -0.05) is 12.1 Å². The highest BCUT2D eigenvalue weighted by atomic mass is 19.1. The molecule has 1 saturated heterocycles. The Morgan fingerprint density at radius 2 is 2.13 bits per heavy atom. The Labute approximate surface area is 172 Å². The molecule has 0 spiro atoms. The van der Waals surface area contributed by atoms with Gasteiger partial charge < -0.3 is 9.32 Å². The molecule has 8 heteroatoms. The van der Waals surface area contributed by atoms with Crippen LogP contribution in [0.1, 0.15) is 40.8 Å². The van der Waals surface area contributed by atoms with Gasteiger partial charge in [-0.3, -0.25) is 4.79 Å². The van der Waals surface area contributed by atoms with Crippen molar-refractivity contribution in [3.05, 3.63) is 72.1 Å². The predicted octanol–water partition coefficient (Wildman–Crippen LogP) is 3.85. The quantitative estimate of drug-likeness (QED) is 0.517. The number of piperidine rings is 1. The zero-order valence-electron chi connectivity index (χ0n) is 16.5. The van der Waals surface area contributed by atoms with E-state index in [-0.39, 0.29) is 17.6 Å². The molecule has 1 aliphatic heterocycles. The summed E-state index contributed by atoms with van der Waals surface area (Å²) in [6.45, 7) is 2.97. The molecule has 152 valence electrons. The van der Waals surface area contributed by atoms with Gasteiger partial charge in [0.15, 0.2) is 17.9 Å². The van der Waals surface area contributed by atoms with Crippen molar-refractivity contribution in [1.82, 2.24) is 24.5 Å². The van der Waals surface area contributed by atoms with Crippen LogP contribution in [0.25, 0.3) is 16.8 Å². The van der Waals surface area contributed by atoms with E-state index in [4.69, 9.17) is 4.42 Å². The Kier molecular flexibility index (Phi) is 4.54. The fraction of sp³-hybridized carbons (Fsp3) is 0.273. The summed E-state index contributed by atoms with van der Waals surface area (Å²) in [6.07, 6.45) is 4.93. The molecule has 1 aliphatic rings. The summed E-state index contributed by atoms with van der Waals surface area (Å²) in [7, 11) is 0. The van der Waals surface area contributed by atoms with E-state index in [0.717, 1.165) is 29.6 Å². The van der Waals surface area contributed by atoms with E-state index in [2.05, 4.69) is 15.1 Å². The molecular weight excluding hydrogens is 385 g/mol. The van der Waals surface area contributed by atoms with Gasteiger partial charge in [0, 0.05) is 30.8 Å². The maximum Gasteiger partial charge on any atom is 0.291 e. The summed E-state index contributed by atoms with van der Waals surface area (Å²) in [5, 5.41) is 4.66. The number of aromatic nitrogens is 4. The molecule has 4 aromatic rings. The molecule has 1 aromatic carbocycles. The number of hydrogen-bond acceptors (Lipinski definition) is 5. The lowest BCUT2D eigenvalue weighted by Crippen LogP contribution is -2.39. The Morgan fingerprint density at radius 1 is 1.23 bits per heavy atom. The zero-order chi connectivity index (χ0) is 20.7. The lowest BCUT2D eigenvalue weighted by molar-refractivity contribution is 0.0671. The second-order valence-electron chi connectivity index (χ2n) is 7.56. The number of hydrogen-bond donors (Lipinski definition) is 0. The fourth-order valence-corrected chi connectivity index (χ4v) is 3.94. The molecule has 0 aliphatic carbocycles. The molecule has 3 aromatic heterocycles. The van der Waals surface area contributed by atoms with Crippen molar-refractivity contribution in [3.8, 4) is 11.1 Å². The first-order valence-corrected chi connectivity index (χ1v) is 9.90. The van der Waals surface area contributed by atoms with Gasteiger partial charge in [0.1, 0.15) is 5.82 Å². The highest BCUT2D eigenvalue weighted by Gasteiger charge is 2.30. The summed E-state index contributed by atoms with van der Waals surface area (Å²) in [6, 6.07) is 10.2. The molecule has 30 heavy (non-hydrogen) atoms. The molecule has 1 unspecified atom stereocenters. The summed E-state index contributed by atoms with van der Waals surface area (Å²) in [4.78, 5) is 23.2. The molecular formula is C22H20FN5O2. The van der Waals surface area contributed by atoms with E-state index in [1.165, 1.54) is 18.5 Å². The number of nitrogens with zero attached hydrogens (tertiary/aromatic N) is 5. The molecule has 1 atom stereocenters. The third kappa shape index (κ3) is 3.34. The Bertz CT molecular complexity index is 1230. The van der Waals surface area contributed by atoms with Crippen LogP contribution in [0.3, 0.4) is 0 Å². The number of likely N-dealkylation sites (tertiary alicyclic amines) is 1. The normalized spacial score (nSPS) is 16.9. The van der Waals surface area contributed by atoms with Crippen LogP contribution in [0.15, 0.2) is 53.4 Å². The van der Waals surface area contributed by atoms with Crippen molar-refractivity contribution in [2.24, 2.45) is 0 Å². The number of benzene rings is 1. The van der Waals surface area contributed by atoms with E-state index in [0.29, 0.717) is 30.4 Å². The minimum atomic E-state index is -0.277. The summed E-state index contributed by atoms with van der Waals surface area (Å²) >= 11 is 0. The van der Waals surface area contributed by atoms with Gasteiger partial charge in [0.05, 0.1) is 5.69 Å². The Morgan fingerprint density at radius 3 is 2.93 bits per heavy atom. The van der Waals surface area contributed by atoms with E-state index in [1.54, 1.807) is 22.4 Å². The number of oxazole rings is 1. The molecule has 1 amide bonds. The average molecular weight is 405 g/mol. The number of amides is 1. The molecule has 1 fully saturated rings. The fourth-order valence-electron chi connectivity index (χ4n) is 3.94. The number of halogens is 1. The lowest BCUT2D eigenvalue weighted by atomic mass is 9.97. The van der Waals surface area contributed by atoms with Crippen LogP contribution in [-0.4, -0.2) is 43.5 Å². The molecule has 0 N–H and O–H groups in total. The van der Waals surface area contributed by atoms with E-state index < -0.39 is 0 Å². The van der Waals surface area contributed by atoms with Gasteiger partial charge in [0.2, 0.25) is 5.76 Å². The summed E-state index contributed by atoms with van der Waals surface area (Å²) in [5.74, 6) is 0.618. The minimum absolute atomic E-state index is 0.0449. The van der Waals surface area contributed by atoms with Crippen LogP contribution >= 0.6 is 0 Å². The summed E-state index contributed by atoms with van der Waals surface area (Å²) < 4.78 is 20.6. The number of pyridine rings is 1. The second kappa shape index (κ2) is 7.37. The van der Waals surface area contributed by atoms with Crippen LogP contribution in [0.5, 0.6) is 0 Å². The lowest BCUT2D eigenvalue weighted by Gasteiger charge is -2.30. The monoisotopic (exact) mass is 405 g/mol. The third-order valence-corrected chi connectivity index (χ3v) is 5.52. The third-order valence-electron chi connectivity index (χ3n) is 5.52. The van der Waals surface area contributed by atoms with Crippen molar-refractivity contribution < 1.29 is 13.6 Å². The van der Waals surface area contributed by atoms with Crippen molar-refractivity contribution >= 4 is 11.6 Å². The van der Waals surface area contributed by atoms with Gasteiger partial charge in [-0.15, -0.1) is 0 Å². The van der Waals surface area contributed by atoms with Crippen LogP contribution < -0.4 is 0 Å². The Balaban J connectivity index is 1.40. The Hall–Kier alpha value is -3.55. The van der Waals surface area contributed by atoms with Crippen molar-refractivity contribution in [3.63, 3.8) is 0 Å². The minimum Gasteiger partial charge on any atom is -0.438 e. The van der Waals surface area contributed by atoms with E-state index in [9.17, 15) is 9.18 Å². The molecule has 0 bridgehead atoms. The van der Waals surface area contributed by atoms with Gasteiger partial charge in [0.25, 0.3) is 5.91 Å². The first-order valence-electron chi connectivity index (χ1n) is 9.90. The average Bonchev–Trinajstić information content (AvgIpc) is 3.39. The predicted molar refractivity (Wildman–Crippen MR) is 107 cm³/mol. The van der Waals surface area contributed by atoms with Crippen molar-refractivity contribution in [2.75, 3.05) is 13.1 Å². The van der Waals surface area contributed by atoms with Crippen molar-refractivity contribution in [2.45, 2.75) is 25.7 Å². The number of fused-ring (bicyclic) bond motifs is 1. The van der Waals surface area contributed by atoms with E-state index in [1.807, 2.05) is 24.4 Å². The van der Waals surface area contributed by atoms with Crippen LogP contribution in [0.2, 0.25) is 0 Å².